The summed E-state index contributed by atoms with van der Waals surface area (Å²) >= 11 is 1.40. The third-order valence-electron chi connectivity index (χ3n) is 4.41. The van der Waals surface area contributed by atoms with Crippen molar-refractivity contribution in [2.45, 2.75) is 26.8 Å². The van der Waals surface area contributed by atoms with Crippen molar-refractivity contribution in [2.75, 3.05) is 11.9 Å². The topological polar surface area (TPSA) is 88.3 Å². The maximum atomic E-state index is 12.8. The fourth-order valence-corrected chi connectivity index (χ4v) is 4.11. The second kappa shape index (κ2) is 6.96. The summed E-state index contributed by atoms with van der Waals surface area (Å²) in [6.45, 7) is 4.70. The zero-order valence-electron chi connectivity index (χ0n) is 15.0. The Balaban J connectivity index is 1.48. The summed E-state index contributed by atoms with van der Waals surface area (Å²) in [6, 6.07) is 6.95. The third kappa shape index (κ3) is 3.48. The van der Waals surface area contributed by atoms with Gasteiger partial charge >= 0.3 is 0 Å². The highest BCUT2D eigenvalue weighted by Crippen LogP contribution is 2.30. The van der Waals surface area contributed by atoms with Crippen LogP contribution in [0.5, 0.6) is 0 Å². The molecule has 1 N–H and O–H groups in total. The zero-order chi connectivity index (χ0) is 19.0. The number of carbonyl (C=O) groups is 2. The Kier molecular flexibility index (Phi) is 4.49. The summed E-state index contributed by atoms with van der Waals surface area (Å²) < 4.78 is 5.48. The van der Waals surface area contributed by atoms with Crippen LogP contribution in [0, 0.1) is 13.8 Å². The molecule has 0 fully saturated rings. The number of pyridine rings is 1. The SMILES string of the molecule is Cc1cc(C(=O)N2CCc3nc(NC(=O)c4ccccn4)sc3C2)c(C)o1. The van der Waals surface area contributed by atoms with Gasteiger partial charge in [-0.1, -0.05) is 17.4 Å². The summed E-state index contributed by atoms with van der Waals surface area (Å²) in [4.78, 5) is 36.4. The number of furan rings is 1. The van der Waals surface area contributed by atoms with E-state index in [0.29, 0.717) is 41.7 Å². The van der Waals surface area contributed by atoms with Crippen molar-refractivity contribution in [1.29, 1.82) is 0 Å². The molecule has 0 saturated carbocycles. The van der Waals surface area contributed by atoms with E-state index in [-0.39, 0.29) is 11.8 Å². The lowest BCUT2D eigenvalue weighted by Crippen LogP contribution is -2.35. The lowest BCUT2D eigenvalue weighted by Gasteiger charge is -2.25. The molecule has 7 nitrogen and oxygen atoms in total. The van der Waals surface area contributed by atoms with Gasteiger partial charge < -0.3 is 9.32 Å². The van der Waals surface area contributed by atoms with E-state index in [1.165, 1.54) is 11.3 Å². The van der Waals surface area contributed by atoms with E-state index in [0.717, 1.165) is 16.3 Å². The molecule has 3 aromatic heterocycles. The summed E-state index contributed by atoms with van der Waals surface area (Å²) in [5.74, 6) is 1.03. The number of nitrogens with one attached hydrogen (secondary N) is 1. The number of rotatable bonds is 3. The molecule has 0 bridgehead atoms. The van der Waals surface area contributed by atoms with Gasteiger partial charge in [0.25, 0.3) is 11.8 Å². The van der Waals surface area contributed by atoms with E-state index in [9.17, 15) is 9.59 Å². The van der Waals surface area contributed by atoms with E-state index in [1.54, 1.807) is 42.3 Å². The Morgan fingerprint density at radius 2 is 2.15 bits per heavy atom. The molecule has 4 heterocycles. The molecule has 138 valence electrons. The van der Waals surface area contributed by atoms with Crippen LogP contribution in [0.15, 0.2) is 34.9 Å². The van der Waals surface area contributed by atoms with Gasteiger partial charge in [-0.2, -0.15) is 0 Å². The number of fused-ring (bicyclic) bond motifs is 1. The summed E-state index contributed by atoms with van der Waals surface area (Å²) in [5, 5.41) is 3.32. The van der Waals surface area contributed by atoms with E-state index in [1.807, 2.05) is 6.92 Å². The van der Waals surface area contributed by atoms with Crippen molar-refractivity contribution in [1.82, 2.24) is 14.9 Å². The molecule has 1 aliphatic rings. The van der Waals surface area contributed by atoms with Gasteiger partial charge in [0.2, 0.25) is 0 Å². The Labute approximate surface area is 160 Å². The second-order valence-electron chi connectivity index (χ2n) is 6.36. The zero-order valence-corrected chi connectivity index (χ0v) is 15.8. The molecule has 0 radical (unpaired) electrons. The number of carbonyl (C=O) groups excluding carboxylic acids is 2. The van der Waals surface area contributed by atoms with Gasteiger partial charge in [0.05, 0.1) is 17.8 Å². The van der Waals surface area contributed by atoms with Crippen LogP contribution >= 0.6 is 11.3 Å². The molecule has 8 heteroatoms. The van der Waals surface area contributed by atoms with Gasteiger partial charge in [-0.05, 0) is 32.0 Å². The predicted molar refractivity (Wildman–Crippen MR) is 101 cm³/mol. The van der Waals surface area contributed by atoms with Crippen LogP contribution in [0.2, 0.25) is 0 Å². The van der Waals surface area contributed by atoms with Gasteiger partial charge in [0, 0.05) is 24.0 Å². The molecule has 0 atom stereocenters. The molecule has 0 unspecified atom stereocenters. The molecule has 2 amide bonds. The number of hydrogen-bond donors (Lipinski definition) is 1. The molecule has 0 spiro atoms. The fourth-order valence-electron chi connectivity index (χ4n) is 3.09. The summed E-state index contributed by atoms with van der Waals surface area (Å²) in [6.07, 6.45) is 2.23. The van der Waals surface area contributed by atoms with Crippen molar-refractivity contribution in [2.24, 2.45) is 0 Å². The standard InChI is InChI=1S/C19H18N4O3S/c1-11-9-13(12(2)26-11)18(25)23-8-6-14-16(10-23)27-19(21-14)22-17(24)15-5-3-4-7-20-15/h3-5,7,9H,6,8,10H2,1-2H3,(H,21,22,24). The molecule has 4 rings (SSSR count). The van der Waals surface area contributed by atoms with Crippen LogP contribution in [0.1, 0.15) is 42.9 Å². The van der Waals surface area contributed by atoms with Crippen molar-refractivity contribution < 1.29 is 14.0 Å². The Bertz CT molecular complexity index is 1010. The van der Waals surface area contributed by atoms with Gasteiger partial charge in [0.15, 0.2) is 5.13 Å². The summed E-state index contributed by atoms with van der Waals surface area (Å²) in [5.41, 5.74) is 1.87. The van der Waals surface area contributed by atoms with E-state index < -0.39 is 0 Å². The van der Waals surface area contributed by atoms with Gasteiger partial charge in [-0.15, -0.1) is 0 Å². The first-order chi connectivity index (χ1) is 13.0. The average Bonchev–Trinajstić information content (AvgIpc) is 3.22. The number of amides is 2. The predicted octanol–water partition coefficient (Wildman–Crippen LogP) is 3.20. The molecule has 3 aromatic rings. The fraction of sp³-hybridized carbons (Fsp3) is 0.263. The van der Waals surface area contributed by atoms with E-state index in [2.05, 4.69) is 15.3 Å². The van der Waals surface area contributed by atoms with Crippen LogP contribution in [0.4, 0.5) is 5.13 Å². The minimum Gasteiger partial charge on any atom is -0.466 e. The highest BCUT2D eigenvalue weighted by atomic mass is 32.1. The largest absolute Gasteiger partial charge is 0.466 e. The van der Waals surface area contributed by atoms with Gasteiger partial charge in [-0.3, -0.25) is 19.9 Å². The monoisotopic (exact) mass is 382 g/mol. The molecule has 1 aliphatic heterocycles. The molecular weight excluding hydrogens is 364 g/mol. The molecule has 0 aliphatic carbocycles. The number of aromatic nitrogens is 2. The maximum Gasteiger partial charge on any atom is 0.276 e. The number of nitrogens with zero attached hydrogens (tertiary/aromatic N) is 3. The first-order valence-corrected chi connectivity index (χ1v) is 9.40. The number of hydrogen-bond acceptors (Lipinski definition) is 6. The second-order valence-corrected chi connectivity index (χ2v) is 7.45. The summed E-state index contributed by atoms with van der Waals surface area (Å²) in [7, 11) is 0. The minimum atomic E-state index is -0.292. The number of thiazole rings is 1. The Morgan fingerprint density at radius 1 is 1.30 bits per heavy atom. The van der Waals surface area contributed by atoms with Crippen molar-refractivity contribution in [3.05, 3.63) is 63.8 Å². The molecule has 0 aromatic carbocycles. The number of anilines is 1. The quantitative estimate of drug-likeness (QED) is 0.751. The van der Waals surface area contributed by atoms with Crippen LogP contribution in [-0.4, -0.2) is 33.2 Å². The highest BCUT2D eigenvalue weighted by molar-refractivity contribution is 7.15. The molecule has 27 heavy (non-hydrogen) atoms. The van der Waals surface area contributed by atoms with Crippen molar-refractivity contribution in [3.8, 4) is 0 Å². The van der Waals surface area contributed by atoms with E-state index in [4.69, 9.17) is 4.42 Å². The normalized spacial score (nSPS) is 13.3. The lowest BCUT2D eigenvalue weighted by atomic mass is 10.1. The first kappa shape index (κ1) is 17.4. The highest BCUT2D eigenvalue weighted by Gasteiger charge is 2.27. The van der Waals surface area contributed by atoms with Crippen molar-refractivity contribution >= 4 is 28.3 Å². The maximum absolute atomic E-state index is 12.8. The van der Waals surface area contributed by atoms with Crippen LogP contribution < -0.4 is 5.32 Å². The first-order valence-electron chi connectivity index (χ1n) is 8.58. The third-order valence-corrected chi connectivity index (χ3v) is 5.41. The van der Waals surface area contributed by atoms with Crippen LogP contribution in [-0.2, 0) is 13.0 Å². The Morgan fingerprint density at radius 3 is 2.85 bits per heavy atom. The molecule has 0 saturated heterocycles. The minimum absolute atomic E-state index is 0.0394. The van der Waals surface area contributed by atoms with Gasteiger partial charge in [0.1, 0.15) is 17.2 Å². The van der Waals surface area contributed by atoms with Crippen LogP contribution in [0.3, 0.4) is 0 Å². The Hall–Kier alpha value is -3.00. The molecular formula is C19H18N4O3S. The lowest BCUT2D eigenvalue weighted by molar-refractivity contribution is 0.0734. The van der Waals surface area contributed by atoms with Crippen molar-refractivity contribution in [3.63, 3.8) is 0 Å². The van der Waals surface area contributed by atoms with E-state index >= 15 is 0 Å². The van der Waals surface area contributed by atoms with Gasteiger partial charge in [-0.25, -0.2) is 4.98 Å². The van der Waals surface area contributed by atoms with Crippen LogP contribution in [0.25, 0.3) is 0 Å². The number of aryl methyl sites for hydroxylation is 2. The average molecular weight is 382 g/mol. The smallest absolute Gasteiger partial charge is 0.276 e.